The average molecular weight is 342 g/mol. The van der Waals surface area contributed by atoms with Crippen LogP contribution in [-0.4, -0.2) is 42.2 Å². The first kappa shape index (κ1) is 15.3. The van der Waals surface area contributed by atoms with Gasteiger partial charge in [0.2, 0.25) is 0 Å². The van der Waals surface area contributed by atoms with Crippen molar-refractivity contribution in [3.05, 3.63) is 28.7 Å². The summed E-state index contributed by atoms with van der Waals surface area (Å²) < 4.78 is 6.69. The molecular formula is C15H20BrNO3. The van der Waals surface area contributed by atoms with Gasteiger partial charge in [-0.3, -0.25) is 9.69 Å². The Labute approximate surface area is 127 Å². The summed E-state index contributed by atoms with van der Waals surface area (Å²) in [5, 5.41) is 9.14. The number of aliphatic carboxylic acids is 1. The maximum Gasteiger partial charge on any atom is 0.307 e. The van der Waals surface area contributed by atoms with E-state index in [4.69, 9.17) is 9.84 Å². The van der Waals surface area contributed by atoms with Gasteiger partial charge in [-0.15, -0.1) is 0 Å². The molecule has 2 unspecified atom stereocenters. The van der Waals surface area contributed by atoms with E-state index in [2.05, 4.69) is 27.8 Å². The topological polar surface area (TPSA) is 49.8 Å². The van der Waals surface area contributed by atoms with E-state index in [-0.39, 0.29) is 5.92 Å². The zero-order valence-corrected chi connectivity index (χ0v) is 13.2. The van der Waals surface area contributed by atoms with Crippen LogP contribution in [0.1, 0.15) is 13.3 Å². The highest BCUT2D eigenvalue weighted by Gasteiger charge is 2.29. The second-order valence-electron chi connectivity index (χ2n) is 5.44. The average Bonchev–Trinajstić information content (AvgIpc) is 2.38. The summed E-state index contributed by atoms with van der Waals surface area (Å²) in [5.74, 6) is 0.328. The van der Waals surface area contributed by atoms with E-state index < -0.39 is 5.97 Å². The molecular weight excluding hydrogens is 322 g/mol. The van der Waals surface area contributed by atoms with Crippen LogP contribution < -0.4 is 4.74 Å². The molecule has 1 N–H and O–H groups in total. The zero-order chi connectivity index (χ0) is 14.5. The highest BCUT2D eigenvalue weighted by molar-refractivity contribution is 9.10. The van der Waals surface area contributed by atoms with Crippen LogP contribution in [0, 0.1) is 11.8 Å². The Kier molecular flexibility index (Phi) is 5.43. The van der Waals surface area contributed by atoms with E-state index in [0.717, 1.165) is 29.7 Å². The van der Waals surface area contributed by atoms with Crippen molar-refractivity contribution in [1.29, 1.82) is 0 Å². The molecule has 1 aromatic rings. The summed E-state index contributed by atoms with van der Waals surface area (Å²) in [7, 11) is 0. The number of hydrogen-bond acceptors (Lipinski definition) is 3. The minimum Gasteiger partial charge on any atom is -0.492 e. The Bertz CT molecular complexity index is 466. The lowest BCUT2D eigenvalue weighted by Crippen LogP contribution is -2.44. The number of carbonyl (C=O) groups is 1. The Morgan fingerprint density at radius 3 is 3.00 bits per heavy atom. The predicted octanol–water partition coefficient (Wildman–Crippen LogP) is 2.87. The highest BCUT2D eigenvalue weighted by Crippen LogP contribution is 2.22. The molecule has 0 spiro atoms. The first-order valence-electron chi connectivity index (χ1n) is 6.88. The zero-order valence-electron chi connectivity index (χ0n) is 11.6. The fourth-order valence-electron chi connectivity index (χ4n) is 2.67. The monoisotopic (exact) mass is 341 g/mol. The molecule has 1 saturated heterocycles. The molecule has 1 fully saturated rings. The van der Waals surface area contributed by atoms with Crippen molar-refractivity contribution in [1.82, 2.24) is 4.90 Å². The number of carboxylic acid groups (broad SMARTS) is 1. The van der Waals surface area contributed by atoms with Gasteiger partial charge < -0.3 is 9.84 Å². The van der Waals surface area contributed by atoms with Crippen molar-refractivity contribution in [3.63, 3.8) is 0 Å². The molecule has 0 aliphatic carbocycles. The van der Waals surface area contributed by atoms with Gasteiger partial charge >= 0.3 is 5.97 Å². The van der Waals surface area contributed by atoms with Crippen molar-refractivity contribution in [2.24, 2.45) is 11.8 Å². The minimum atomic E-state index is -0.686. The Hall–Kier alpha value is -1.07. The fraction of sp³-hybridized carbons (Fsp3) is 0.533. The van der Waals surface area contributed by atoms with Crippen LogP contribution in [0.25, 0.3) is 0 Å². The largest absolute Gasteiger partial charge is 0.492 e. The van der Waals surface area contributed by atoms with Gasteiger partial charge in [-0.25, -0.2) is 0 Å². The third-order valence-electron chi connectivity index (χ3n) is 3.56. The summed E-state index contributed by atoms with van der Waals surface area (Å²) in [6.07, 6.45) is 0.776. The quantitative estimate of drug-likeness (QED) is 0.894. The third kappa shape index (κ3) is 4.49. The van der Waals surface area contributed by atoms with Crippen LogP contribution in [0.5, 0.6) is 5.75 Å². The molecule has 0 radical (unpaired) electrons. The summed E-state index contributed by atoms with van der Waals surface area (Å²) in [6.45, 7) is 5.03. The van der Waals surface area contributed by atoms with Gasteiger partial charge in [-0.1, -0.05) is 28.9 Å². The van der Waals surface area contributed by atoms with Crippen LogP contribution in [0.15, 0.2) is 28.7 Å². The lowest BCUT2D eigenvalue weighted by molar-refractivity contribution is -0.144. The number of rotatable bonds is 5. The smallest absolute Gasteiger partial charge is 0.307 e. The number of hydrogen-bond donors (Lipinski definition) is 1. The molecule has 5 heteroatoms. The van der Waals surface area contributed by atoms with Crippen LogP contribution in [0.4, 0.5) is 0 Å². The maximum atomic E-state index is 11.1. The molecule has 0 amide bonds. The van der Waals surface area contributed by atoms with Crippen LogP contribution in [-0.2, 0) is 4.79 Å². The number of carboxylic acids is 1. The predicted molar refractivity (Wildman–Crippen MR) is 81.0 cm³/mol. The molecule has 0 bridgehead atoms. The standard InChI is InChI=1S/C15H20BrNO3/c1-11-7-12(15(18)19)10-17(9-11)5-6-20-14-4-2-3-13(16)8-14/h2-4,8,11-12H,5-7,9-10H2,1H3,(H,18,19). The molecule has 4 nitrogen and oxygen atoms in total. The van der Waals surface area contributed by atoms with E-state index in [1.54, 1.807) is 0 Å². The Morgan fingerprint density at radius 1 is 1.50 bits per heavy atom. The number of likely N-dealkylation sites (tertiary alicyclic amines) is 1. The molecule has 1 aliphatic heterocycles. The Balaban J connectivity index is 1.80. The number of piperidine rings is 1. The summed E-state index contributed by atoms with van der Waals surface area (Å²) in [5.41, 5.74) is 0. The van der Waals surface area contributed by atoms with Gasteiger partial charge in [0.1, 0.15) is 12.4 Å². The first-order chi connectivity index (χ1) is 9.54. The Morgan fingerprint density at radius 2 is 2.30 bits per heavy atom. The SMILES string of the molecule is CC1CC(C(=O)O)CN(CCOc2cccc(Br)c2)C1. The van der Waals surface area contributed by atoms with Gasteiger partial charge in [0.15, 0.2) is 0 Å². The van der Waals surface area contributed by atoms with Crippen molar-refractivity contribution in [2.75, 3.05) is 26.2 Å². The first-order valence-corrected chi connectivity index (χ1v) is 7.67. The molecule has 20 heavy (non-hydrogen) atoms. The molecule has 1 aliphatic rings. The van der Waals surface area contributed by atoms with Crippen molar-refractivity contribution < 1.29 is 14.6 Å². The van der Waals surface area contributed by atoms with Crippen molar-refractivity contribution in [3.8, 4) is 5.75 Å². The molecule has 1 aromatic carbocycles. The van der Waals surface area contributed by atoms with Gasteiger partial charge in [0.05, 0.1) is 5.92 Å². The number of ether oxygens (including phenoxy) is 1. The van der Waals surface area contributed by atoms with Crippen molar-refractivity contribution >= 4 is 21.9 Å². The second kappa shape index (κ2) is 7.09. The van der Waals surface area contributed by atoms with Crippen molar-refractivity contribution in [2.45, 2.75) is 13.3 Å². The molecule has 1 heterocycles. The van der Waals surface area contributed by atoms with E-state index in [0.29, 0.717) is 19.1 Å². The van der Waals surface area contributed by atoms with E-state index >= 15 is 0 Å². The maximum absolute atomic E-state index is 11.1. The lowest BCUT2D eigenvalue weighted by Gasteiger charge is -2.34. The highest BCUT2D eigenvalue weighted by atomic mass is 79.9. The molecule has 2 rings (SSSR count). The van der Waals surface area contributed by atoms with Crippen LogP contribution in [0.3, 0.4) is 0 Å². The normalized spacial score (nSPS) is 23.5. The van der Waals surface area contributed by atoms with E-state index in [1.807, 2.05) is 24.3 Å². The molecule has 110 valence electrons. The van der Waals surface area contributed by atoms with Gasteiger partial charge in [0, 0.05) is 24.1 Å². The van der Waals surface area contributed by atoms with Gasteiger partial charge in [-0.2, -0.15) is 0 Å². The summed E-state index contributed by atoms with van der Waals surface area (Å²) in [6, 6.07) is 7.74. The van der Waals surface area contributed by atoms with E-state index in [1.165, 1.54) is 0 Å². The van der Waals surface area contributed by atoms with E-state index in [9.17, 15) is 4.79 Å². The molecule has 0 aromatic heterocycles. The number of nitrogens with zero attached hydrogens (tertiary/aromatic N) is 1. The minimum absolute atomic E-state index is 0.246. The van der Waals surface area contributed by atoms with Crippen LogP contribution >= 0.6 is 15.9 Å². The van der Waals surface area contributed by atoms with Gasteiger partial charge in [-0.05, 0) is 30.5 Å². The number of benzene rings is 1. The molecule has 0 saturated carbocycles. The second-order valence-corrected chi connectivity index (χ2v) is 6.36. The lowest BCUT2D eigenvalue weighted by atomic mass is 9.90. The number of halogens is 1. The van der Waals surface area contributed by atoms with Crippen LogP contribution in [0.2, 0.25) is 0 Å². The summed E-state index contributed by atoms with van der Waals surface area (Å²) in [4.78, 5) is 13.3. The van der Waals surface area contributed by atoms with Gasteiger partial charge in [0.25, 0.3) is 0 Å². The molecule has 2 atom stereocenters. The fourth-order valence-corrected chi connectivity index (χ4v) is 3.05. The summed E-state index contributed by atoms with van der Waals surface area (Å²) >= 11 is 3.41. The third-order valence-corrected chi connectivity index (χ3v) is 4.05.